The normalized spacial score (nSPS) is 13.8. The molecule has 2 aromatic heterocycles. The van der Waals surface area contributed by atoms with Gasteiger partial charge in [-0.2, -0.15) is 0 Å². The lowest BCUT2D eigenvalue weighted by molar-refractivity contribution is -0.141. The predicted molar refractivity (Wildman–Crippen MR) is 285 cm³/mol. The maximum Gasteiger partial charge on any atom is 0.305 e. The molecule has 26 heteroatoms. The second-order valence-corrected chi connectivity index (χ2v) is 18.4. The van der Waals surface area contributed by atoms with Crippen LogP contribution in [0.2, 0.25) is 0 Å². The van der Waals surface area contributed by atoms with Gasteiger partial charge in [0.25, 0.3) is 0 Å². The number of amides is 8. The molecule has 418 valence electrons. The fourth-order valence-electron chi connectivity index (χ4n) is 8.26. The van der Waals surface area contributed by atoms with Crippen molar-refractivity contribution in [1.29, 1.82) is 0 Å². The summed E-state index contributed by atoms with van der Waals surface area (Å²) in [6.45, 7) is 2.26. The maximum absolute atomic E-state index is 14.7. The number of rotatable bonds is 35. The Kier molecular flexibility index (Phi) is 25.5. The van der Waals surface area contributed by atoms with Crippen LogP contribution < -0.4 is 65.9 Å². The van der Waals surface area contributed by atoms with Crippen molar-refractivity contribution in [3.05, 3.63) is 90.1 Å². The van der Waals surface area contributed by atoms with Gasteiger partial charge in [-0.25, -0.2) is 4.98 Å². The summed E-state index contributed by atoms with van der Waals surface area (Å²) in [5.41, 5.74) is 30.4. The van der Waals surface area contributed by atoms with E-state index >= 15 is 0 Å². The Balaban J connectivity index is 1.68. The second-order valence-electron chi connectivity index (χ2n) is 18.4. The van der Waals surface area contributed by atoms with Crippen LogP contribution in [0.4, 0.5) is 0 Å². The van der Waals surface area contributed by atoms with Crippen LogP contribution in [0.25, 0.3) is 10.9 Å². The number of carboxylic acid groups (broad SMARTS) is 1. The number of aliphatic carboxylic acids is 1. The number of guanidine groups is 1. The smallest absolute Gasteiger partial charge is 0.305 e. The topological polar surface area (TPSA) is 445 Å². The molecule has 0 fully saturated rings. The van der Waals surface area contributed by atoms with Crippen LogP contribution in [-0.2, 0) is 62.4 Å². The molecule has 0 unspecified atom stereocenters. The maximum atomic E-state index is 14.7. The third-order valence-corrected chi connectivity index (χ3v) is 12.3. The Morgan fingerprint density at radius 1 is 0.597 bits per heavy atom. The molecule has 2 aromatic carbocycles. The zero-order valence-electron chi connectivity index (χ0n) is 43.2. The van der Waals surface area contributed by atoms with Gasteiger partial charge in [0.1, 0.15) is 42.3 Å². The number of aromatic amines is 2. The molecule has 4 rings (SSSR count). The van der Waals surface area contributed by atoms with Crippen LogP contribution in [0, 0.1) is 0 Å². The summed E-state index contributed by atoms with van der Waals surface area (Å²) in [6.07, 6.45) is 5.52. The van der Waals surface area contributed by atoms with Crippen molar-refractivity contribution < 1.29 is 48.3 Å². The predicted octanol–water partition coefficient (Wildman–Crippen LogP) is -2.01. The number of H-pyrrole nitrogens is 2. The number of primary amides is 1. The lowest BCUT2D eigenvalue weighted by atomic mass is 10.0. The molecule has 0 aliphatic rings. The van der Waals surface area contributed by atoms with Crippen molar-refractivity contribution in [1.82, 2.24) is 52.2 Å². The van der Waals surface area contributed by atoms with E-state index in [9.17, 15) is 48.3 Å². The zero-order valence-corrected chi connectivity index (χ0v) is 43.2. The second kappa shape index (κ2) is 32.1. The summed E-state index contributed by atoms with van der Waals surface area (Å²) in [6, 6.07) is 6.17. The quantitative estimate of drug-likeness (QED) is 0.0135. The Labute approximate surface area is 445 Å². The van der Waals surface area contributed by atoms with E-state index in [0.29, 0.717) is 49.0 Å². The number of aromatic nitrogens is 3. The molecule has 0 saturated carbocycles. The highest BCUT2D eigenvalue weighted by atomic mass is 16.4. The first-order valence-corrected chi connectivity index (χ1v) is 25.6. The summed E-state index contributed by atoms with van der Waals surface area (Å²) in [5.74, 6) is -8.27. The third-order valence-electron chi connectivity index (χ3n) is 12.3. The Morgan fingerprint density at radius 2 is 1.14 bits per heavy atom. The lowest BCUT2D eigenvalue weighted by Gasteiger charge is -2.28. The van der Waals surface area contributed by atoms with Crippen molar-refractivity contribution >= 4 is 70.1 Å². The van der Waals surface area contributed by atoms with Gasteiger partial charge in [-0.3, -0.25) is 48.1 Å². The zero-order chi connectivity index (χ0) is 56.3. The summed E-state index contributed by atoms with van der Waals surface area (Å²) < 4.78 is 0. The molecule has 0 bridgehead atoms. The van der Waals surface area contributed by atoms with Gasteiger partial charge in [0.15, 0.2) is 5.96 Å². The number of aliphatic imine (C=N–C) groups is 1. The first kappa shape index (κ1) is 61.2. The molecule has 0 radical (unpaired) electrons. The van der Waals surface area contributed by atoms with Crippen molar-refractivity contribution in [2.45, 2.75) is 133 Å². The van der Waals surface area contributed by atoms with Gasteiger partial charge in [-0.15, -0.1) is 0 Å². The lowest BCUT2D eigenvalue weighted by Crippen LogP contribution is -2.61. The Morgan fingerprint density at radius 3 is 1.74 bits per heavy atom. The molecular formula is C51H74N16O10. The van der Waals surface area contributed by atoms with E-state index in [2.05, 4.69) is 57.2 Å². The van der Waals surface area contributed by atoms with E-state index < -0.39 is 102 Å². The minimum Gasteiger partial charge on any atom is -0.481 e. The van der Waals surface area contributed by atoms with E-state index in [-0.39, 0.29) is 70.4 Å². The van der Waals surface area contributed by atoms with E-state index in [4.69, 9.17) is 28.7 Å². The third kappa shape index (κ3) is 21.0. The molecule has 0 saturated heterocycles. The number of nitrogens with one attached hydrogen (secondary N) is 9. The monoisotopic (exact) mass is 1070 g/mol. The number of imidazole rings is 1. The number of carbonyl (C=O) groups is 9. The highest BCUT2D eigenvalue weighted by molar-refractivity contribution is 5.99. The average molecular weight is 1070 g/mol. The Bertz CT molecular complexity index is 2610. The number of para-hydroxylation sites is 1. The fraction of sp³-hybridized carbons (Fsp3) is 0.471. The summed E-state index contributed by atoms with van der Waals surface area (Å²) >= 11 is 0. The van der Waals surface area contributed by atoms with Gasteiger partial charge in [0, 0.05) is 67.8 Å². The van der Waals surface area contributed by atoms with Crippen LogP contribution in [0.1, 0.15) is 88.0 Å². The summed E-state index contributed by atoms with van der Waals surface area (Å²) in [5, 5.41) is 29.0. The number of hydrogen-bond donors (Lipinski definition) is 15. The van der Waals surface area contributed by atoms with Crippen LogP contribution in [0.3, 0.4) is 0 Å². The molecule has 0 spiro atoms. The molecule has 4 aromatic rings. The van der Waals surface area contributed by atoms with E-state index in [0.717, 1.165) is 10.9 Å². The largest absolute Gasteiger partial charge is 0.481 e. The molecule has 0 aliphatic carbocycles. The van der Waals surface area contributed by atoms with Crippen LogP contribution in [0.15, 0.2) is 78.3 Å². The van der Waals surface area contributed by atoms with Crippen LogP contribution in [0.5, 0.6) is 0 Å². The summed E-state index contributed by atoms with van der Waals surface area (Å²) in [4.78, 5) is 137. The van der Waals surface area contributed by atoms with Crippen LogP contribution >= 0.6 is 0 Å². The molecule has 2 heterocycles. The summed E-state index contributed by atoms with van der Waals surface area (Å²) in [7, 11) is 0. The molecular weight excluding hydrogens is 997 g/mol. The number of fused-ring (bicyclic) bond motifs is 1. The molecule has 26 nitrogen and oxygen atoms in total. The number of hydrogen-bond acceptors (Lipinski definition) is 13. The average Bonchev–Trinajstić information content (AvgIpc) is 4.08. The molecule has 20 N–H and O–H groups in total. The standard InChI is InChI=1S/C51H74N16O10/c1-2-3-15-36(61-42(68)19-21-53)45(72)67-41(26-43(69)70)50(77)66-40(25-32-28-57-29-60-32)49(76)64-38(23-30-12-5-4-6-13-30)47(74)63-37(18-11-22-58-51(55)56)46(73)65-39(24-31-27-59-34-16-8-7-14-33(31)34)48(75)62-35(44(54)71)17-9-10-20-52/h4-8,12-14,16,27-29,35-41,59H,2-3,9-11,15,17-26,52-53H2,1H3,(H2,54,71)(H,57,60)(H,61,68)(H,62,75)(H,63,74)(H,64,76)(H,65,73)(H,66,77)(H,67,72)(H,69,70)(H4,55,56,58)/t35-,36-,37-,38+,39-,40-,41-/m0/s1. The highest BCUT2D eigenvalue weighted by Crippen LogP contribution is 2.20. The number of carboxylic acids is 1. The number of carbonyl (C=O) groups excluding carboxylic acids is 8. The van der Waals surface area contributed by atoms with Gasteiger partial charge in [-0.05, 0) is 62.3 Å². The van der Waals surface area contributed by atoms with Gasteiger partial charge >= 0.3 is 5.97 Å². The molecule has 8 amide bonds. The van der Waals surface area contributed by atoms with Gasteiger partial charge in [-0.1, -0.05) is 68.3 Å². The Hall–Kier alpha value is -8.39. The molecule has 77 heavy (non-hydrogen) atoms. The number of unbranched alkanes of at least 4 members (excludes halogenated alkanes) is 2. The van der Waals surface area contributed by atoms with Crippen molar-refractivity contribution in [3.8, 4) is 0 Å². The first-order valence-electron chi connectivity index (χ1n) is 25.6. The first-order chi connectivity index (χ1) is 36.9. The van der Waals surface area contributed by atoms with Gasteiger partial charge < -0.3 is 81.0 Å². The fourth-order valence-corrected chi connectivity index (χ4v) is 8.26. The van der Waals surface area contributed by atoms with Crippen molar-refractivity contribution in [3.63, 3.8) is 0 Å². The minimum atomic E-state index is -1.74. The molecule has 0 aliphatic heterocycles. The van der Waals surface area contributed by atoms with E-state index in [1.54, 1.807) is 36.5 Å². The van der Waals surface area contributed by atoms with Crippen molar-refractivity contribution in [2.75, 3.05) is 19.6 Å². The number of nitrogens with zero attached hydrogens (tertiary/aromatic N) is 2. The van der Waals surface area contributed by atoms with Crippen molar-refractivity contribution in [2.24, 2.45) is 33.7 Å². The highest BCUT2D eigenvalue weighted by Gasteiger charge is 2.35. The minimum absolute atomic E-state index is 0.00771. The number of nitrogens with two attached hydrogens (primary N) is 5. The van der Waals surface area contributed by atoms with E-state index in [1.165, 1.54) is 12.5 Å². The van der Waals surface area contributed by atoms with Gasteiger partial charge in [0.2, 0.25) is 47.3 Å². The van der Waals surface area contributed by atoms with Gasteiger partial charge in [0.05, 0.1) is 12.7 Å². The molecule has 7 atom stereocenters. The van der Waals surface area contributed by atoms with Crippen LogP contribution in [-0.4, -0.2) is 141 Å². The van der Waals surface area contributed by atoms with E-state index in [1.807, 2.05) is 31.2 Å². The number of benzene rings is 2. The SMILES string of the molecule is CCCC[C@H](NC(=O)CCN)C(=O)N[C@@H](CC(=O)O)C(=O)N[C@@H](Cc1cnc[nH]1)C(=O)N[C@H](Cc1ccccc1)C(=O)N[C@@H](CCCN=C(N)N)C(=O)N[C@@H](Cc1c[nH]c2ccccc12)C(=O)N[C@@H](CCCCN)C(N)=O.